The highest BCUT2D eigenvalue weighted by molar-refractivity contribution is 5.99. The zero-order chi connectivity index (χ0) is 24.7. The van der Waals surface area contributed by atoms with Gasteiger partial charge in [-0.3, -0.25) is 9.69 Å². The number of carbonyl (C=O) groups is 1. The third kappa shape index (κ3) is 4.36. The third-order valence-electron chi connectivity index (χ3n) is 6.89. The van der Waals surface area contributed by atoms with Gasteiger partial charge in [-0.2, -0.15) is 0 Å². The average molecular weight is 481 g/mol. The quantitative estimate of drug-likeness (QED) is 0.384. The average Bonchev–Trinajstić information content (AvgIpc) is 3.28. The van der Waals surface area contributed by atoms with Gasteiger partial charge in [0.2, 0.25) is 11.8 Å². The molecule has 2 aliphatic rings. The summed E-state index contributed by atoms with van der Waals surface area (Å²) in [6.07, 6.45) is 2.70. The molecule has 8 nitrogen and oxygen atoms in total. The number of aromatic nitrogens is 3. The highest BCUT2D eigenvalue weighted by Crippen LogP contribution is 2.39. The molecule has 1 amide bonds. The van der Waals surface area contributed by atoms with E-state index in [1.165, 1.54) is 44.1 Å². The molecule has 4 aromatic rings. The van der Waals surface area contributed by atoms with Crippen molar-refractivity contribution in [2.24, 2.45) is 5.41 Å². The maximum Gasteiger partial charge on any atom is 0.247 e. The van der Waals surface area contributed by atoms with Crippen LogP contribution in [0.15, 0.2) is 73.6 Å². The first-order valence-corrected chi connectivity index (χ1v) is 12.0. The zero-order valence-electron chi connectivity index (χ0n) is 20.2. The molecule has 2 fully saturated rings. The highest BCUT2D eigenvalue weighted by Gasteiger charge is 2.49. The maximum atomic E-state index is 11.6. The smallest absolute Gasteiger partial charge is 0.247 e. The second kappa shape index (κ2) is 8.89. The predicted molar refractivity (Wildman–Crippen MR) is 140 cm³/mol. The van der Waals surface area contributed by atoms with Gasteiger partial charge in [0.1, 0.15) is 17.7 Å². The number of hydrogen-bond acceptors (Lipinski definition) is 6. The van der Waals surface area contributed by atoms with Gasteiger partial charge >= 0.3 is 0 Å². The molecule has 1 spiro atoms. The third-order valence-corrected chi connectivity index (χ3v) is 6.89. The van der Waals surface area contributed by atoms with Crippen molar-refractivity contribution < 1.29 is 9.53 Å². The standard InChI is InChI=1S/C28H28N6O2/c1-3-25(35)31-21-5-4-6-22(11-21)36-27-23-12-24(32-26(23)29-18-30-27)20-9-7-19(8-10-20)13-34-16-28(17-34)14-33(2)15-28/h3-12,18H,1,13-17H2,2H3,(H,31,35)(H,29,30,32). The molecular formula is C28H28N6O2. The lowest BCUT2D eigenvalue weighted by atomic mass is 9.73. The summed E-state index contributed by atoms with van der Waals surface area (Å²) in [6.45, 7) is 9.33. The number of ether oxygens (including phenoxy) is 1. The van der Waals surface area contributed by atoms with Crippen LogP contribution in [-0.4, -0.2) is 63.9 Å². The molecule has 8 heteroatoms. The van der Waals surface area contributed by atoms with Crippen LogP contribution >= 0.6 is 0 Å². The Balaban J connectivity index is 1.16. The molecule has 0 radical (unpaired) electrons. The maximum absolute atomic E-state index is 11.6. The number of H-pyrrole nitrogens is 1. The van der Waals surface area contributed by atoms with E-state index in [0.29, 0.717) is 28.4 Å². The predicted octanol–water partition coefficient (Wildman–Crippen LogP) is 4.29. The molecule has 182 valence electrons. The lowest BCUT2D eigenvalue weighted by molar-refractivity contribution is -0.111. The summed E-state index contributed by atoms with van der Waals surface area (Å²) in [4.78, 5) is 28.6. The largest absolute Gasteiger partial charge is 0.438 e. The minimum atomic E-state index is -0.280. The minimum Gasteiger partial charge on any atom is -0.438 e. The van der Waals surface area contributed by atoms with Crippen LogP contribution in [-0.2, 0) is 11.3 Å². The second-order valence-electron chi connectivity index (χ2n) is 9.96. The van der Waals surface area contributed by atoms with E-state index in [2.05, 4.69) is 68.0 Å². The first kappa shape index (κ1) is 22.5. The van der Waals surface area contributed by atoms with E-state index in [9.17, 15) is 4.79 Å². The molecule has 2 saturated heterocycles. The molecule has 2 aromatic carbocycles. The van der Waals surface area contributed by atoms with Crippen LogP contribution in [0.5, 0.6) is 11.6 Å². The van der Waals surface area contributed by atoms with E-state index in [1.54, 1.807) is 18.2 Å². The Morgan fingerprint density at radius 1 is 1.14 bits per heavy atom. The van der Waals surface area contributed by atoms with Crippen molar-refractivity contribution in [2.75, 3.05) is 38.5 Å². The van der Waals surface area contributed by atoms with Crippen LogP contribution in [0.2, 0.25) is 0 Å². The summed E-state index contributed by atoms with van der Waals surface area (Å²) in [5, 5.41) is 3.52. The minimum absolute atomic E-state index is 0.280. The Bertz CT molecular complexity index is 1430. The number of likely N-dealkylation sites (tertiary alicyclic amines) is 2. The summed E-state index contributed by atoms with van der Waals surface area (Å²) < 4.78 is 6.06. The number of nitrogens with one attached hydrogen (secondary N) is 2. The lowest BCUT2D eigenvalue weighted by Crippen LogP contribution is -2.70. The molecule has 2 aromatic heterocycles. The van der Waals surface area contributed by atoms with Crippen LogP contribution in [0.25, 0.3) is 22.3 Å². The van der Waals surface area contributed by atoms with Crippen LogP contribution in [0.4, 0.5) is 5.69 Å². The number of fused-ring (bicyclic) bond motifs is 1. The summed E-state index contributed by atoms with van der Waals surface area (Å²) in [5.41, 5.74) is 5.23. The molecule has 0 atom stereocenters. The summed E-state index contributed by atoms with van der Waals surface area (Å²) >= 11 is 0. The molecular weight excluding hydrogens is 452 g/mol. The monoisotopic (exact) mass is 480 g/mol. The number of aromatic amines is 1. The Labute approximate surface area is 209 Å². The summed E-state index contributed by atoms with van der Waals surface area (Å²) in [5.74, 6) is 0.725. The van der Waals surface area contributed by atoms with Gasteiger partial charge < -0.3 is 19.9 Å². The number of carbonyl (C=O) groups excluding carboxylic acids is 1. The SMILES string of the molecule is C=CC(=O)Nc1cccc(Oc2ncnc3[nH]c(-c4ccc(CN5CC6(CN(C)C6)C5)cc4)cc23)c1. The normalized spacial score (nSPS) is 16.9. The molecule has 0 bridgehead atoms. The number of nitrogens with zero attached hydrogens (tertiary/aromatic N) is 4. The van der Waals surface area contributed by atoms with E-state index in [-0.39, 0.29) is 5.91 Å². The van der Waals surface area contributed by atoms with Crippen LogP contribution in [0.1, 0.15) is 5.56 Å². The molecule has 0 unspecified atom stereocenters. The van der Waals surface area contributed by atoms with Crippen molar-refractivity contribution in [1.29, 1.82) is 0 Å². The first-order valence-electron chi connectivity index (χ1n) is 12.0. The fourth-order valence-corrected chi connectivity index (χ4v) is 5.46. The van der Waals surface area contributed by atoms with Crippen molar-refractivity contribution in [3.8, 4) is 22.9 Å². The number of benzene rings is 2. The molecule has 4 heterocycles. The highest BCUT2D eigenvalue weighted by atomic mass is 16.5. The lowest BCUT2D eigenvalue weighted by Gasteiger charge is -2.59. The molecule has 0 aliphatic carbocycles. The fraction of sp³-hybridized carbons (Fsp3) is 0.250. The first-order chi connectivity index (χ1) is 17.5. The van der Waals surface area contributed by atoms with E-state index < -0.39 is 0 Å². The molecule has 2 N–H and O–H groups in total. The van der Waals surface area contributed by atoms with Crippen molar-refractivity contribution >= 4 is 22.6 Å². The fourth-order valence-electron chi connectivity index (χ4n) is 5.46. The van der Waals surface area contributed by atoms with Gasteiger partial charge in [-0.15, -0.1) is 0 Å². The number of rotatable bonds is 7. The summed E-state index contributed by atoms with van der Waals surface area (Å²) in [7, 11) is 2.20. The van der Waals surface area contributed by atoms with E-state index in [0.717, 1.165) is 23.2 Å². The summed E-state index contributed by atoms with van der Waals surface area (Å²) in [6, 6.07) is 17.8. The van der Waals surface area contributed by atoms with Crippen molar-refractivity contribution in [1.82, 2.24) is 24.8 Å². The van der Waals surface area contributed by atoms with Crippen LogP contribution in [0.3, 0.4) is 0 Å². The Kier molecular flexibility index (Phi) is 5.55. The van der Waals surface area contributed by atoms with Gasteiger partial charge in [-0.05, 0) is 42.4 Å². The van der Waals surface area contributed by atoms with E-state index in [4.69, 9.17) is 4.74 Å². The topological polar surface area (TPSA) is 86.4 Å². The van der Waals surface area contributed by atoms with Gasteiger partial charge in [0.05, 0.1) is 5.39 Å². The van der Waals surface area contributed by atoms with Gasteiger partial charge in [-0.25, -0.2) is 9.97 Å². The van der Waals surface area contributed by atoms with Gasteiger partial charge in [0, 0.05) is 55.6 Å². The van der Waals surface area contributed by atoms with Gasteiger partial charge in [-0.1, -0.05) is 36.9 Å². The van der Waals surface area contributed by atoms with E-state index in [1.807, 2.05) is 12.1 Å². The zero-order valence-corrected chi connectivity index (χ0v) is 20.2. The van der Waals surface area contributed by atoms with Crippen molar-refractivity contribution in [3.63, 3.8) is 0 Å². The van der Waals surface area contributed by atoms with Crippen molar-refractivity contribution in [2.45, 2.75) is 6.54 Å². The van der Waals surface area contributed by atoms with Crippen molar-refractivity contribution in [3.05, 3.63) is 79.1 Å². The second-order valence-corrected chi connectivity index (χ2v) is 9.96. The van der Waals surface area contributed by atoms with Crippen LogP contribution < -0.4 is 10.1 Å². The molecule has 6 rings (SSSR count). The number of amides is 1. The molecule has 0 saturated carbocycles. The Morgan fingerprint density at radius 3 is 2.69 bits per heavy atom. The number of anilines is 1. The molecule has 2 aliphatic heterocycles. The van der Waals surface area contributed by atoms with Gasteiger partial charge in [0.15, 0.2) is 0 Å². The van der Waals surface area contributed by atoms with E-state index >= 15 is 0 Å². The molecule has 36 heavy (non-hydrogen) atoms. The Morgan fingerprint density at radius 2 is 1.94 bits per heavy atom. The number of hydrogen-bond donors (Lipinski definition) is 2. The Hall–Kier alpha value is -4.01. The van der Waals surface area contributed by atoms with Gasteiger partial charge in [0.25, 0.3) is 0 Å². The van der Waals surface area contributed by atoms with Crippen LogP contribution in [0, 0.1) is 5.41 Å².